The van der Waals surface area contributed by atoms with Gasteiger partial charge < -0.3 is 5.32 Å². The molecule has 134 valence electrons. The van der Waals surface area contributed by atoms with Crippen molar-refractivity contribution in [2.24, 2.45) is 10.2 Å². The van der Waals surface area contributed by atoms with Crippen LogP contribution in [-0.2, 0) is 4.79 Å². The van der Waals surface area contributed by atoms with Gasteiger partial charge in [0.1, 0.15) is 0 Å². The molecule has 0 aromatic heterocycles. The van der Waals surface area contributed by atoms with Crippen LogP contribution in [-0.4, -0.2) is 27.8 Å². The summed E-state index contributed by atoms with van der Waals surface area (Å²) >= 11 is 3.08. The number of amides is 1. The summed E-state index contributed by atoms with van der Waals surface area (Å²) in [5.41, 5.74) is 3.22. The SMILES string of the molecule is CC[C@@H](Sc1ccccc1)C(=O)NC1=NN=C(c2ccc(C)cc2)CS1. The molecular weight excluding hydrogens is 362 g/mol. The highest BCUT2D eigenvalue weighted by molar-refractivity contribution is 8.14. The summed E-state index contributed by atoms with van der Waals surface area (Å²) in [6, 6.07) is 18.2. The van der Waals surface area contributed by atoms with Crippen molar-refractivity contribution in [2.75, 3.05) is 5.75 Å². The van der Waals surface area contributed by atoms with Crippen LogP contribution in [0, 0.1) is 6.92 Å². The fourth-order valence-corrected chi connectivity index (χ4v) is 4.16. The first-order valence-corrected chi connectivity index (χ1v) is 10.4. The van der Waals surface area contributed by atoms with Gasteiger partial charge in [0.25, 0.3) is 0 Å². The number of benzene rings is 2. The zero-order valence-corrected chi connectivity index (χ0v) is 16.4. The number of rotatable bonds is 5. The van der Waals surface area contributed by atoms with Gasteiger partial charge in [-0.05, 0) is 31.0 Å². The van der Waals surface area contributed by atoms with Gasteiger partial charge in [-0.3, -0.25) is 4.79 Å². The van der Waals surface area contributed by atoms with Crippen LogP contribution >= 0.6 is 23.5 Å². The number of thioether (sulfide) groups is 2. The van der Waals surface area contributed by atoms with Gasteiger partial charge in [0.2, 0.25) is 5.91 Å². The molecule has 0 fully saturated rings. The Morgan fingerprint density at radius 2 is 1.88 bits per heavy atom. The molecule has 0 unspecified atom stereocenters. The molecule has 26 heavy (non-hydrogen) atoms. The van der Waals surface area contributed by atoms with Crippen LogP contribution in [0.25, 0.3) is 0 Å². The topological polar surface area (TPSA) is 53.8 Å². The molecule has 1 N–H and O–H groups in total. The van der Waals surface area contributed by atoms with Crippen LogP contribution in [0.4, 0.5) is 0 Å². The van der Waals surface area contributed by atoms with E-state index in [1.54, 1.807) is 11.8 Å². The van der Waals surface area contributed by atoms with Gasteiger partial charge in [0.15, 0.2) is 5.17 Å². The minimum absolute atomic E-state index is 0.0263. The van der Waals surface area contributed by atoms with E-state index in [0.29, 0.717) is 10.9 Å². The van der Waals surface area contributed by atoms with Crippen molar-refractivity contribution in [3.8, 4) is 0 Å². The van der Waals surface area contributed by atoms with E-state index in [4.69, 9.17) is 0 Å². The Hall–Kier alpha value is -2.05. The van der Waals surface area contributed by atoms with Gasteiger partial charge in [0.05, 0.1) is 11.0 Å². The summed E-state index contributed by atoms with van der Waals surface area (Å²) in [4.78, 5) is 13.7. The van der Waals surface area contributed by atoms with Crippen LogP contribution in [0.3, 0.4) is 0 Å². The predicted octanol–water partition coefficient (Wildman–Crippen LogP) is 4.49. The molecule has 1 aliphatic heterocycles. The first kappa shape index (κ1) is 18.7. The number of aryl methyl sites for hydroxylation is 1. The van der Waals surface area contributed by atoms with Crippen molar-refractivity contribution in [1.29, 1.82) is 0 Å². The number of carbonyl (C=O) groups is 1. The maximum atomic E-state index is 12.6. The molecule has 1 aliphatic rings. The van der Waals surface area contributed by atoms with E-state index in [1.165, 1.54) is 17.3 Å². The molecule has 0 radical (unpaired) electrons. The number of hydrogen-bond donors (Lipinski definition) is 1. The summed E-state index contributed by atoms with van der Waals surface area (Å²) < 4.78 is 0. The molecule has 2 aromatic rings. The lowest BCUT2D eigenvalue weighted by atomic mass is 10.1. The molecule has 4 nitrogen and oxygen atoms in total. The lowest BCUT2D eigenvalue weighted by molar-refractivity contribution is -0.119. The zero-order valence-electron chi connectivity index (χ0n) is 14.8. The average Bonchev–Trinajstić information content (AvgIpc) is 2.68. The summed E-state index contributed by atoms with van der Waals surface area (Å²) in [6.07, 6.45) is 0.751. The molecule has 2 aromatic carbocycles. The minimum atomic E-state index is -0.150. The van der Waals surface area contributed by atoms with Crippen molar-refractivity contribution >= 4 is 40.3 Å². The molecule has 0 spiro atoms. The predicted molar refractivity (Wildman–Crippen MR) is 112 cm³/mol. The largest absolute Gasteiger partial charge is 0.303 e. The molecule has 0 saturated heterocycles. The first-order valence-electron chi connectivity index (χ1n) is 8.52. The van der Waals surface area contributed by atoms with E-state index in [2.05, 4.69) is 46.7 Å². The van der Waals surface area contributed by atoms with E-state index in [9.17, 15) is 4.79 Å². The molecule has 1 atom stereocenters. The van der Waals surface area contributed by atoms with E-state index in [1.807, 2.05) is 37.3 Å². The highest BCUT2D eigenvalue weighted by Crippen LogP contribution is 2.25. The quantitative estimate of drug-likeness (QED) is 0.774. The van der Waals surface area contributed by atoms with E-state index in [0.717, 1.165) is 22.6 Å². The molecule has 0 aliphatic carbocycles. The van der Waals surface area contributed by atoms with Gasteiger partial charge in [-0.1, -0.05) is 66.7 Å². The van der Waals surface area contributed by atoms with Gasteiger partial charge in [-0.25, -0.2) is 0 Å². The summed E-state index contributed by atoms with van der Waals surface area (Å²) in [5, 5.41) is 11.8. The number of nitrogens with one attached hydrogen (secondary N) is 1. The number of nitrogens with zero attached hydrogens (tertiary/aromatic N) is 2. The Bertz CT molecular complexity index is 817. The van der Waals surface area contributed by atoms with E-state index >= 15 is 0 Å². The van der Waals surface area contributed by atoms with Gasteiger partial charge in [0, 0.05) is 10.6 Å². The highest BCUT2D eigenvalue weighted by Gasteiger charge is 2.21. The van der Waals surface area contributed by atoms with Crippen LogP contribution in [0.15, 0.2) is 69.7 Å². The Morgan fingerprint density at radius 1 is 1.15 bits per heavy atom. The van der Waals surface area contributed by atoms with Crippen LogP contribution in [0.2, 0.25) is 0 Å². The van der Waals surface area contributed by atoms with Gasteiger partial charge >= 0.3 is 0 Å². The third-order valence-corrected chi connectivity index (χ3v) is 6.16. The fraction of sp³-hybridized carbons (Fsp3) is 0.250. The van der Waals surface area contributed by atoms with Crippen molar-refractivity contribution in [1.82, 2.24) is 5.32 Å². The van der Waals surface area contributed by atoms with Crippen LogP contribution < -0.4 is 5.32 Å². The second-order valence-electron chi connectivity index (χ2n) is 5.92. The Labute approximate surface area is 162 Å². The number of amidine groups is 1. The molecule has 1 heterocycles. The number of hydrogen-bond acceptors (Lipinski definition) is 5. The second kappa shape index (κ2) is 9.05. The standard InChI is InChI=1S/C20H21N3OS2/c1-3-18(26-16-7-5-4-6-8-16)19(24)21-20-23-22-17(13-25-20)15-11-9-14(2)10-12-15/h4-12,18H,3,13H2,1-2H3,(H,21,23,24)/t18-/m1/s1. The van der Waals surface area contributed by atoms with Crippen molar-refractivity contribution < 1.29 is 4.79 Å². The van der Waals surface area contributed by atoms with E-state index < -0.39 is 0 Å². The third-order valence-electron chi connectivity index (χ3n) is 3.91. The number of carbonyl (C=O) groups excluding carboxylic acids is 1. The molecule has 0 bridgehead atoms. The lowest BCUT2D eigenvalue weighted by Crippen LogP contribution is -2.36. The molecular formula is C20H21N3OS2. The highest BCUT2D eigenvalue weighted by atomic mass is 32.2. The lowest BCUT2D eigenvalue weighted by Gasteiger charge is -2.17. The second-order valence-corrected chi connectivity index (χ2v) is 8.16. The van der Waals surface area contributed by atoms with Gasteiger partial charge in [-0.2, -0.15) is 5.10 Å². The molecule has 3 rings (SSSR count). The zero-order chi connectivity index (χ0) is 18.4. The molecule has 1 amide bonds. The normalized spacial score (nSPS) is 15.0. The molecule has 6 heteroatoms. The monoisotopic (exact) mass is 383 g/mol. The Morgan fingerprint density at radius 3 is 2.50 bits per heavy atom. The third kappa shape index (κ3) is 4.99. The Balaban J connectivity index is 1.63. The van der Waals surface area contributed by atoms with Crippen molar-refractivity contribution in [3.05, 3.63) is 65.7 Å². The summed E-state index contributed by atoms with van der Waals surface area (Å²) in [6.45, 7) is 4.08. The Kier molecular flexibility index (Phi) is 6.52. The fourth-order valence-electron chi connectivity index (χ4n) is 2.42. The summed E-state index contributed by atoms with van der Waals surface area (Å²) in [7, 11) is 0. The molecule has 0 saturated carbocycles. The van der Waals surface area contributed by atoms with Crippen LogP contribution in [0.5, 0.6) is 0 Å². The average molecular weight is 384 g/mol. The first-order chi connectivity index (χ1) is 12.7. The summed E-state index contributed by atoms with van der Waals surface area (Å²) in [5.74, 6) is 0.673. The maximum absolute atomic E-state index is 12.6. The van der Waals surface area contributed by atoms with E-state index in [-0.39, 0.29) is 11.2 Å². The maximum Gasteiger partial charge on any atom is 0.239 e. The smallest absolute Gasteiger partial charge is 0.239 e. The van der Waals surface area contributed by atoms with Gasteiger partial charge in [-0.15, -0.1) is 16.9 Å². The van der Waals surface area contributed by atoms with Crippen LogP contribution in [0.1, 0.15) is 24.5 Å². The minimum Gasteiger partial charge on any atom is -0.303 e. The van der Waals surface area contributed by atoms with Crippen molar-refractivity contribution in [3.63, 3.8) is 0 Å². The van der Waals surface area contributed by atoms with Crippen molar-refractivity contribution in [2.45, 2.75) is 30.4 Å².